The van der Waals surface area contributed by atoms with Crippen molar-refractivity contribution in [3.63, 3.8) is 0 Å². The van der Waals surface area contributed by atoms with Gasteiger partial charge >= 0.3 is 0 Å². The lowest BCUT2D eigenvalue weighted by Gasteiger charge is -2.19. The second kappa shape index (κ2) is 7.41. The Kier molecular flexibility index (Phi) is 4.86. The number of aromatic nitrogens is 3. The minimum Gasteiger partial charge on any atom is -0.497 e. The second-order valence-corrected chi connectivity index (χ2v) is 5.28. The normalized spacial score (nSPS) is 11.7. The van der Waals surface area contributed by atoms with Gasteiger partial charge in [0, 0.05) is 31.2 Å². The number of ether oxygens (including phenoxy) is 1. The van der Waals surface area contributed by atoms with Crippen LogP contribution in [0.2, 0.25) is 0 Å². The molecule has 0 fully saturated rings. The Morgan fingerprint density at radius 3 is 2.79 bits per heavy atom. The molecule has 1 amide bonds. The lowest BCUT2D eigenvalue weighted by molar-refractivity contribution is 0.0927. The molecule has 2 aromatic heterocycles. The minimum atomic E-state index is -0.247. The molecule has 24 heavy (non-hydrogen) atoms. The Labute approximate surface area is 140 Å². The molecule has 2 heterocycles. The highest BCUT2D eigenvalue weighted by Gasteiger charge is 2.17. The molecule has 122 valence electrons. The molecular weight excluding hydrogens is 304 g/mol. The molecular formula is C18H18N4O2. The Balaban J connectivity index is 1.81. The van der Waals surface area contributed by atoms with E-state index in [-0.39, 0.29) is 11.9 Å². The van der Waals surface area contributed by atoms with E-state index >= 15 is 0 Å². The van der Waals surface area contributed by atoms with Gasteiger partial charge in [0.15, 0.2) is 0 Å². The highest BCUT2D eigenvalue weighted by molar-refractivity contribution is 5.92. The molecule has 0 unspecified atom stereocenters. The molecule has 0 bridgehead atoms. The van der Waals surface area contributed by atoms with Gasteiger partial charge in [-0.25, -0.2) is 4.98 Å². The van der Waals surface area contributed by atoms with Crippen LogP contribution in [0.4, 0.5) is 0 Å². The van der Waals surface area contributed by atoms with E-state index in [1.165, 1.54) is 0 Å². The number of imidazole rings is 1. The van der Waals surface area contributed by atoms with Crippen LogP contribution in [0, 0.1) is 0 Å². The van der Waals surface area contributed by atoms with Gasteiger partial charge in [0.2, 0.25) is 0 Å². The van der Waals surface area contributed by atoms with Crippen LogP contribution in [-0.2, 0) is 6.54 Å². The Morgan fingerprint density at radius 2 is 2.08 bits per heavy atom. The van der Waals surface area contributed by atoms with Gasteiger partial charge in [-0.2, -0.15) is 0 Å². The summed E-state index contributed by atoms with van der Waals surface area (Å²) >= 11 is 0. The van der Waals surface area contributed by atoms with Crippen LogP contribution in [0.15, 0.2) is 67.4 Å². The zero-order valence-electron chi connectivity index (χ0n) is 13.3. The molecule has 0 saturated heterocycles. The number of carbonyl (C=O) groups excluding carboxylic acids is 1. The number of rotatable bonds is 6. The third-order valence-electron chi connectivity index (χ3n) is 3.66. The molecule has 3 aromatic rings. The number of methoxy groups -OCH3 is 1. The second-order valence-electron chi connectivity index (χ2n) is 5.28. The first kappa shape index (κ1) is 15.7. The van der Waals surface area contributed by atoms with E-state index in [0.29, 0.717) is 18.0 Å². The number of hydrogen-bond donors (Lipinski definition) is 1. The van der Waals surface area contributed by atoms with Crippen molar-refractivity contribution in [3.8, 4) is 5.75 Å². The number of benzene rings is 1. The number of hydrogen-bond acceptors (Lipinski definition) is 4. The van der Waals surface area contributed by atoms with Gasteiger partial charge in [-0.15, -0.1) is 0 Å². The average Bonchev–Trinajstić information content (AvgIpc) is 3.15. The summed E-state index contributed by atoms with van der Waals surface area (Å²) in [6, 6.07) is 13.0. The van der Waals surface area contributed by atoms with Gasteiger partial charge < -0.3 is 14.6 Å². The Hall–Kier alpha value is -3.15. The van der Waals surface area contributed by atoms with E-state index in [9.17, 15) is 4.79 Å². The van der Waals surface area contributed by atoms with E-state index < -0.39 is 0 Å². The topological polar surface area (TPSA) is 69.0 Å². The first-order valence-corrected chi connectivity index (χ1v) is 7.58. The molecule has 0 saturated carbocycles. The van der Waals surface area contributed by atoms with Crippen LogP contribution in [0.25, 0.3) is 0 Å². The molecule has 0 aliphatic carbocycles. The first-order valence-electron chi connectivity index (χ1n) is 7.58. The van der Waals surface area contributed by atoms with E-state index in [4.69, 9.17) is 4.74 Å². The quantitative estimate of drug-likeness (QED) is 0.757. The van der Waals surface area contributed by atoms with Crippen LogP contribution >= 0.6 is 0 Å². The largest absolute Gasteiger partial charge is 0.497 e. The molecule has 0 aliphatic heterocycles. The summed E-state index contributed by atoms with van der Waals surface area (Å²) < 4.78 is 7.08. The van der Waals surface area contributed by atoms with Gasteiger partial charge in [0.05, 0.1) is 19.5 Å². The summed E-state index contributed by atoms with van der Waals surface area (Å²) in [7, 11) is 1.56. The molecule has 6 heteroatoms. The van der Waals surface area contributed by atoms with E-state index in [0.717, 1.165) is 5.56 Å². The first-order chi connectivity index (χ1) is 11.8. The molecule has 1 aromatic carbocycles. The highest BCUT2D eigenvalue weighted by atomic mass is 16.5. The van der Waals surface area contributed by atoms with E-state index in [1.54, 1.807) is 38.0 Å². The minimum absolute atomic E-state index is 0.194. The summed E-state index contributed by atoms with van der Waals surface area (Å²) in [5, 5.41) is 3.03. The van der Waals surface area contributed by atoms with Crippen molar-refractivity contribution >= 4 is 5.91 Å². The summed E-state index contributed by atoms with van der Waals surface area (Å²) in [5.74, 6) is 0.351. The molecule has 3 rings (SSSR count). The Morgan fingerprint density at radius 1 is 1.25 bits per heavy atom. The van der Waals surface area contributed by atoms with Crippen molar-refractivity contribution in [2.24, 2.45) is 0 Å². The highest BCUT2D eigenvalue weighted by Crippen LogP contribution is 2.17. The number of nitrogens with one attached hydrogen (secondary N) is 1. The van der Waals surface area contributed by atoms with Gasteiger partial charge in [-0.05, 0) is 11.6 Å². The monoisotopic (exact) mass is 322 g/mol. The molecule has 0 aliphatic rings. The van der Waals surface area contributed by atoms with Gasteiger partial charge in [-0.1, -0.05) is 30.3 Å². The third-order valence-corrected chi connectivity index (χ3v) is 3.66. The van der Waals surface area contributed by atoms with Crippen LogP contribution in [0.5, 0.6) is 5.75 Å². The number of carbonyl (C=O) groups is 1. The average molecular weight is 322 g/mol. The van der Waals surface area contributed by atoms with Crippen molar-refractivity contribution in [1.29, 1.82) is 0 Å². The number of amides is 1. The van der Waals surface area contributed by atoms with E-state index in [2.05, 4.69) is 15.3 Å². The summed E-state index contributed by atoms with van der Waals surface area (Å²) in [5.41, 5.74) is 1.34. The van der Waals surface area contributed by atoms with Gasteiger partial charge in [-0.3, -0.25) is 9.78 Å². The van der Waals surface area contributed by atoms with Crippen molar-refractivity contribution in [1.82, 2.24) is 19.9 Å². The fourth-order valence-electron chi connectivity index (χ4n) is 2.42. The fourth-order valence-corrected chi connectivity index (χ4v) is 2.42. The zero-order valence-corrected chi connectivity index (χ0v) is 13.3. The van der Waals surface area contributed by atoms with Crippen molar-refractivity contribution in [2.75, 3.05) is 7.11 Å². The van der Waals surface area contributed by atoms with Crippen LogP contribution in [0.3, 0.4) is 0 Å². The van der Waals surface area contributed by atoms with Gasteiger partial charge in [0.25, 0.3) is 5.91 Å². The SMILES string of the molecule is COc1ccnc(C(=O)N[C@@H](Cn2ccnc2)c2ccccc2)c1. The standard InChI is InChI=1S/C18H18N4O2/c1-24-15-7-8-20-16(11-15)18(23)21-17(12-22-10-9-19-13-22)14-5-3-2-4-6-14/h2-11,13,17H,12H2,1H3,(H,21,23)/t17-/m0/s1. The van der Waals surface area contributed by atoms with Crippen molar-refractivity contribution < 1.29 is 9.53 Å². The third kappa shape index (κ3) is 3.78. The lowest BCUT2D eigenvalue weighted by Crippen LogP contribution is -2.31. The number of pyridine rings is 1. The number of nitrogens with zero attached hydrogens (tertiary/aromatic N) is 3. The van der Waals surface area contributed by atoms with Crippen molar-refractivity contribution in [2.45, 2.75) is 12.6 Å². The maximum absolute atomic E-state index is 12.6. The predicted molar refractivity (Wildman–Crippen MR) is 89.7 cm³/mol. The molecule has 6 nitrogen and oxygen atoms in total. The molecule has 1 atom stereocenters. The van der Waals surface area contributed by atoms with Crippen LogP contribution < -0.4 is 10.1 Å². The summed E-state index contributed by atoms with van der Waals surface area (Å²) in [6.07, 6.45) is 6.87. The smallest absolute Gasteiger partial charge is 0.270 e. The molecule has 0 spiro atoms. The zero-order chi connectivity index (χ0) is 16.8. The fraction of sp³-hybridized carbons (Fsp3) is 0.167. The van der Waals surface area contributed by atoms with Crippen LogP contribution in [-0.4, -0.2) is 27.6 Å². The summed E-state index contributed by atoms with van der Waals surface area (Å²) in [6.45, 7) is 0.583. The lowest BCUT2D eigenvalue weighted by atomic mass is 10.1. The predicted octanol–water partition coefficient (Wildman–Crippen LogP) is 2.46. The van der Waals surface area contributed by atoms with Crippen LogP contribution in [0.1, 0.15) is 22.1 Å². The molecule has 1 N–H and O–H groups in total. The maximum atomic E-state index is 12.6. The van der Waals surface area contributed by atoms with Crippen molar-refractivity contribution in [3.05, 3.63) is 78.6 Å². The molecule has 0 radical (unpaired) electrons. The maximum Gasteiger partial charge on any atom is 0.270 e. The summed E-state index contributed by atoms with van der Waals surface area (Å²) in [4.78, 5) is 20.7. The van der Waals surface area contributed by atoms with E-state index in [1.807, 2.05) is 41.1 Å². The Bertz CT molecular complexity index is 788. The van der Waals surface area contributed by atoms with Gasteiger partial charge in [0.1, 0.15) is 11.4 Å².